The highest BCUT2D eigenvalue weighted by Gasteiger charge is 2.25. The molecule has 0 aromatic carbocycles. The predicted molar refractivity (Wildman–Crippen MR) is 61.2 cm³/mol. The Morgan fingerprint density at radius 3 is 2.24 bits per heavy atom. The number of hydrogen-bond acceptors (Lipinski definition) is 4. The van der Waals surface area contributed by atoms with Crippen LogP contribution in [0.25, 0.3) is 0 Å². The number of ether oxygens (including phenoxy) is 1. The van der Waals surface area contributed by atoms with E-state index >= 15 is 0 Å². The maximum Gasteiger partial charge on any atom is 0.381 e. The first-order valence-corrected chi connectivity index (χ1v) is 5.31. The third kappa shape index (κ3) is 2.43. The Morgan fingerprint density at radius 2 is 1.82 bits per heavy atom. The van der Waals surface area contributed by atoms with Crippen molar-refractivity contribution in [2.45, 2.75) is 27.7 Å². The van der Waals surface area contributed by atoms with E-state index in [2.05, 4.69) is 9.72 Å². The van der Waals surface area contributed by atoms with E-state index in [4.69, 9.17) is 0 Å². The number of Topliss-reactive ketones (excluding diaryl/α,β-unsaturated/α-hetero) is 2. The molecule has 0 saturated heterocycles. The standard InChI is InChI=1S/C12H15NO4/c1-5-17-12(16)11(15)10-6(2)9(8(4)14)7(3)13-10/h13H,5H2,1-4H3. The Bertz CT molecular complexity index is 485. The largest absolute Gasteiger partial charge is 0.460 e. The third-order valence-electron chi connectivity index (χ3n) is 2.48. The maximum absolute atomic E-state index is 11.7. The van der Waals surface area contributed by atoms with Gasteiger partial charge in [0.1, 0.15) is 0 Å². The van der Waals surface area contributed by atoms with Crippen molar-refractivity contribution in [2.24, 2.45) is 0 Å². The van der Waals surface area contributed by atoms with Crippen LogP contribution in [-0.4, -0.2) is 29.1 Å². The molecular weight excluding hydrogens is 222 g/mol. The molecule has 0 bridgehead atoms. The lowest BCUT2D eigenvalue weighted by Crippen LogP contribution is -2.18. The summed E-state index contributed by atoms with van der Waals surface area (Å²) in [4.78, 5) is 37.2. The first kappa shape index (κ1) is 13.2. The zero-order valence-corrected chi connectivity index (χ0v) is 10.3. The molecule has 1 heterocycles. The molecule has 0 aliphatic carbocycles. The Morgan fingerprint density at radius 1 is 1.24 bits per heavy atom. The van der Waals surface area contributed by atoms with Crippen molar-refractivity contribution in [2.75, 3.05) is 6.61 Å². The summed E-state index contributed by atoms with van der Waals surface area (Å²) in [5, 5.41) is 0. The van der Waals surface area contributed by atoms with E-state index in [0.29, 0.717) is 16.8 Å². The van der Waals surface area contributed by atoms with E-state index in [-0.39, 0.29) is 18.1 Å². The molecule has 1 aromatic rings. The van der Waals surface area contributed by atoms with Gasteiger partial charge in [-0.3, -0.25) is 9.59 Å². The van der Waals surface area contributed by atoms with E-state index in [1.165, 1.54) is 6.92 Å². The van der Waals surface area contributed by atoms with Crippen molar-refractivity contribution in [1.82, 2.24) is 4.98 Å². The number of aromatic nitrogens is 1. The van der Waals surface area contributed by atoms with Crippen LogP contribution in [-0.2, 0) is 9.53 Å². The van der Waals surface area contributed by atoms with Gasteiger partial charge < -0.3 is 9.72 Å². The SMILES string of the molecule is CCOC(=O)C(=O)c1[nH]c(C)c(C(C)=O)c1C. The summed E-state index contributed by atoms with van der Waals surface area (Å²) in [6.45, 7) is 6.50. The second-order valence-corrected chi connectivity index (χ2v) is 3.73. The van der Waals surface area contributed by atoms with E-state index in [0.717, 1.165) is 0 Å². The Labute approximate surface area is 99.2 Å². The average Bonchev–Trinajstić information content (AvgIpc) is 2.53. The highest BCUT2D eigenvalue weighted by Crippen LogP contribution is 2.19. The van der Waals surface area contributed by atoms with E-state index in [1.807, 2.05) is 0 Å². The number of carbonyl (C=O) groups excluding carboxylic acids is 3. The normalized spacial score (nSPS) is 10.1. The molecule has 0 spiro atoms. The minimum atomic E-state index is -0.910. The fraction of sp³-hybridized carbons (Fsp3) is 0.417. The van der Waals surface area contributed by atoms with E-state index < -0.39 is 11.8 Å². The van der Waals surface area contributed by atoms with Gasteiger partial charge in [0, 0.05) is 11.3 Å². The number of aromatic amines is 1. The van der Waals surface area contributed by atoms with Gasteiger partial charge >= 0.3 is 5.97 Å². The summed E-state index contributed by atoms with van der Waals surface area (Å²) in [5.74, 6) is -1.80. The van der Waals surface area contributed by atoms with Crippen LogP contribution in [0.5, 0.6) is 0 Å². The van der Waals surface area contributed by atoms with Crippen molar-refractivity contribution in [3.8, 4) is 0 Å². The average molecular weight is 237 g/mol. The van der Waals surface area contributed by atoms with Crippen LogP contribution >= 0.6 is 0 Å². The molecule has 0 aliphatic heterocycles. The van der Waals surface area contributed by atoms with Crippen LogP contribution in [0.4, 0.5) is 0 Å². The number of rotatable bonds is 4. The van der Waals surface area contributed by atoms with Crippen LogP contribution in [0.3, 0.4) is 0 Å². The van der Waals surface area contributed by atoms with Crippen molar-refractivity contribution < 1.29 is 19.1 Å². The van der Waals surface area contributed by atoms with Gasteiger partial charge in [-0.15, -0.1) is 0 Å². The summed E-state index contributed by atoms with van der Waals surface area (Å²) in [5.41, 5.74) is 1.67. The molecule has 1 N–H and O–H groups in total. The van der Waals surface area contributed by atoms with Gasteiger partial charge in [0.05, 0.1) is 12.3 Å². The highest BCUT2D eigenvalue weighted by atomic mass is 16.5. The molecule has 0 atom stereocenters. The lowest BCUT2D eigenvalue weighted by Gasteiger charge is -2.00. The van der Waals surface area contributed by atoms with Gasteiger partial charge in [-0.05, 0) is 33.3 Å². The van der Waals surface area contributed by atoms with Gasteiger partial charge in [-0.1, -0.05) is 0 Å². The van der Waals surface area contributed by atoms with Crippen LogP contribution in [0.1, 0.15) is 46.0 Å². The topological polar surface area (TPSA) is 76.2 Å². The molecule has 92 valence electrons. The molecule has 1 rings (SSSR count). The van der Waals surface area contributed by atoms with Crippen molar-refractivity contribution in [3.05, 3.63) is 22.5 Å². The number of hydrogen-bond donors (Lipinski definition) is 1. The van der Waals surface area contributed by atoms with Crippen molar-refractivity contribution >= 4 is 17.5 Å². The maximum atomic E-state index is 11.7. The number of aryl methyl sites for hydroxylation is 1. The lowest BCUT2D eigenvalue weighted by molar-refractivity contribution is -0.137. The zero-order chi connectivity index (χ0) is 13.2. The molecule has 0 radical (unpaired) electrons. The molecule has 17 heavy (non-hydrogen) atoms. The minimum absolute atomic E-state index is 0.131. The first-order chi connectivity index (χ1) is 7.90. The smallest absolute Gasteiger partial charge is 0.381 e. The second kappa shape index (κ2) is 4.95. The molecule has 1 aromatic heterocycles. The summed E-state index contributed by atoms with van der Waals surface area (Å²) in [7, 11) is 0. The molecule has 0 aliphatic rings. The molecule has 0 fully saturated rings. The lowest BCUT2D eigenvalue weighted by atomic mass is 10.1. The van der Waals surface area contributed by atoms with Crippen molar-refractivity contribution in [1.29, 1.82) is 0 Å². The van der Waals surface area contributed by atoms with Crippen LogP contribution in [0.15, 0.2) is 0 Å². The van der Waals surface area contributed by atoms with Crippen LogP contribution in [0, 0.1) is 13.8 Å². The minimum Gasteiger partial charge on any atom is -0.460 e. The Kier molecular flexibility index (Phi) is 3.83. The molecule has 0 unspecified atom stereocenters. The molecule has 5 nitrogen and oxygen atoms in total. The summed E-state index contributed by atoms with van der Waals surface area (Å²) in [6.07, 6.45) is 0. The van der Waals surface area contributed by atoms with Gasteiger partial charge in [0.25, 0.3) is 5.78 Å². The number of carbonyl (C=O) groups is 3. The Balaban J connectivity index is 3.17. The van der Waals surface area contributed by atoms with Gasteiger partial charge in [-0.2, -0.15) is 0 Å². The first-order valence-electron chi connectivity index (χ1n) is 5.31. The molecule has 0 saturated carbocycles. The number of H-pyrrole nitrogens is 1. The van der Waals surface area contributed by atoms with Gasteiger partial charge in [-0.25, -0.2) is 4.79 Å². The summed E-state index contributed by atoms with van der Waals surface area (Å²) in [6, 6.07) is 0. The number of nitrogens with one attached hydrogen (secondary N) is 1. The number of esters is 1. The number of ketones is 2. The van der Waals surface area contributed by atoms with Gasteiger partial charge in [0.2, 0.25) is 0 Å². The quantitative estimate of drug-likeness (QED) is 0.490. The van der Waals surface area contributed by atoms with Crippen LogP contribution in [0.2, 0.25) is 0 Å². The van der Waals surface area contributed by atoms with Gasteiger partial charge in [0.15, 0.2) is 5.78 Å². The highest BCUT2D eigenvalue weighted by molar-refractivity contribution is 6.40. The zero-order valence-electron chi connectivity index (χ0n) is 10.3. The monoisotopic (exact) mass is 237 g/mol. The van der Waals surface area contributed by atoms with Crippen molar-refractivity contribution in [3.63, 3.8) is 0 Å². The summed E-state index contributed by atoms with van der Waals surface area (Å²) < 4.78 is 4.63. The third-order valence-corrected chi connectivity index (χ3v) is 2.48. The fourth-order valence-electron chi connectivity index (χ4n) is 1.80. The summed E-state index contributed by atoms with van der Waals surface area (Å²) >= 11 is 0. The molecule has 0 amide bonds. The van der Waals surface area contributed by atoms with Crippen LogP contribution < -0.4 is 0 Å². The fourth-order valence-corrected chi connectivity index (χ4v) is 1.80. The second-order valence-electron chi connectivity index (χ2n) is 3.73. The molecular formula is C12H15NO4. The predicted octanol–water partition coefficient (Wildman–Crippen LogP) is 1.58. The molecule has 5 heteroatoms. The Hall–Kier alpha value is -1.91. The van der Waals surface area contributed by atoms with E-state index in [1.54, 1.807) is 20.8 Å². The van der Waals surface area contributed by atoms with E-state index in [9.17, 15) is 14.4 Å².